The molecule has 1 unspecified atom stereocenters. The summed E-state index contributed by atoms with van der Waals surface area (Å²) in [5.74, 6) is -4.10. The zero-order valence-electron chi connectivity index (χ0n) is 17.0. The van der Waals surface area contributed by atoms with Crippen LogP contribution >= 0.6 is 11.6 Å². The van der Waals surface area contributed by atoms with Crippen molar-refractivity contribution >= 4 is 23.4 Å². The lowest BCUT2D eigenvalue weighted by molar-refractivity contribution is 0.0601. The van der Waals surface area contributed by atoms with E-state index in [9.17, 15) is 28.3 Å². The largest absolute Gasteiger partial charge is 0.503 e. The van der Waals surface area contributed by atoms with Crippen LogP contribution in [0.25, 0.3) is 0 Å². The van der Waals surface area contributed by atoms with Gasteiger partial charge in [-0.1, -0.05) is 31.0 Å². The standard InChI is InChI=1S/C21H22ClF2N3O4/c1-3-4-7-27-11(2)9-26-10-13(18(28)19(29)17(26)21(27)31)20(30)25-8-12-5-6-14(23)15(22)16(12)24/h5-6,10-11,29H,3-4,7-9H2,1-2H3,(H,25,30). The Balaban J connectivity index is 1.87. The van der Waals surface area contributed by atoms with Crippen molar-refractivity contribution in [1.29, 1.82) is 0 Å². The summed E-state index contributed by atoms with van der Waals surface area (Å²) < 4.78 is 28.7. The molecule has 31 heavy (non-hydrogen) atoms. The summed E-state index contributed by atoms with van der Waals surface area (Å²) in [5, 5.41) is 12.1. The van der Waals surface area contributed by atoms with Crippen molar-refractivity contribution in [3.05, 3.63) is 62.0 Å². The van der Waals surface area contributed by atoms with Crippen LogP contribution in [0.15, 0.2) is 23.1 Å². The summed E-state index contributed by atoms with van der Waals surface area (Å²) in [7, 11) is 0. The summed E-state index contributed by atoms with van der Waals surface area (Å²) in [6.07, 6.45) is 2.88. The quantitative estimate of drug-likeness (QED) is 0.657. The number of rotatable bonds is 6. The lowest BCUT2D eigenvalue weighted by Crippen LogP contribution is -2.48. The molecule has 1 aliphatic heterocycles. The Morgan fingerprint density at radius 1 is 1.32 bits per heavy atom. The fourth-order valence-corrected chi connectivity index (χ4v) is 3.71. The highest BCUT2D eigenvalue weighted by molar-refractivity contribution is 6.30. The fourth-order valence-electron chi connectivity index (χ4n) is 3.52. The number of benzene rings is 1. The van der Waals surface area contributed by atoms with Crippen LogP contribution in [0.1, 0.15) is 53.1 Å². The summed E-state index contributed by atoms with van der Waals surface area (Å²) in [6.45, 7) is 4.27. The average molecular weight is 454 g/mol. The Kier molecular flexibility index (Phi) is 6.64. The van der Waals surface area contributed by atoms with E-state index in [2.05, 4.69) is 5.32 Å². The number of unbranched alkanes of at least 4 members (excludes halogenated alkanes) is 1. The third-order valence-corrected chi connectivity index (χ3v) is 5.61. The predicted octanol–water partition coefficient (Wildman–Crippen LogP) is 3.06. The molecule has 3 rings (SSSR count). The van der Waals surface area contributed by atoms with Crippen LogP contribution in [0.4, 0.5) is 8.78 Å². The van der Waals surface area contributed by atoms with E-state index in [0.717, 1.165) is 25.0 Å². The summed E-state index contributed by atoms with van der Waals surface area (Å²) in [6, 6.07) is 1.89. The van der Waals surface area contributed by atoms with Gasteiger partial charge in [0.1, 0.15) is 22.2 Å². The zero-order chi connectivity index (χ0) is 22.9. The topological polar surface area (TPSA) is 91.6 Å². The number of carbonyl (C=O) groups excluding carboxylic acids is 2. The minimum absolute atomic E-state index is 0.0719. The average Bonchev–Trinajstić information content (AvgIpc) is 2.73. The van der Waals surface area contributed by atoms with Crippen molar-refractivity contribution in [2.24, 2.45) is 0 Å². The van der Waals surface area contributed by atoms with Gasteiger partial charge in [0, 0.05) is 37.4 Å². The van der Waals surface area contributed by atoms with Gasteiger partial charge in [-0.05, 0) is 19.4 Å². The van der Waals surface area contributed by atoms with Crippen LogP contribution in [0.2, 0.25) is 5.02 Å². The number of aromatic hydroxyl groups is 1. The second-order valence-corrected chi connectivity index (χ2v) is 7.82. The molecule has 0 spiro atoms. The number of hydrogen-bond donors (Lipinski definition) is 2. The van der Waals surface area contributed by atoms with Crippen molar-refractivity contribution in [2.45, 2.75) is 45.8 Å². The Labute approximate surface area is 182 Å². The van der Waals surface area contributed by atoms with Crippen molar-refractivity contribution in [1.82, 2.24) is 14.8 Å². The second kappa shape index (κ2) is 9.05. The van der Waals surface area contributed by atoms with Gasteiger partial charge in [0.05, 0.1) is 0 Å². The van der Waals surface area contributed by atoms with Crippen LogP contribution in [-0.4, -0.2) is 39.0 Å². The minimum atomic E-state index is -1.02. The highest BCUT2D eigenvalue weighted by atomic mass is 35.5. The molecule has 10 heteroatoms. The first-order valence-corrected chi connectivity index (χ1v) is 10.2. The molecule has 7 nitrogen and oxygen atoms in total. The molecule has 1 atom stereocenters. The molecule has 0 fully saturated rings. The SMILES string of the molecule is CCCCN1C(=O)c2c(O)c(=O)c(C(=O)NCc3ccc(F)c(Cl)c3F)cn2CC1C. The predicted molar refractivity (Wildman–Crippen MR) is 110 cm³/mol. The lowest BCUT2D eigenvalue weighted by Gasteiger charge is -2.36. The number of halogens is 3. The zero-order valence-corrected chi connectivity index (χ0v) is 17.8. The van der Waals surface area contributed by atoms with E-state index in [4.69, 9.17) is 11.6 Å². The van der Waals surface area contributed by atoms with Gasteiger partial charge < -0.3 is 19.9 Å². The van der Waals surface area contributed by atoms with E-state index < -0.39 is 45.2 Å². The van der Waals surface area contributed by atoms with Gasteiger partial charge in [0.25, 0.3) is 11.8 Å². The van der Waals surface area contributed by atoms with Gasteiger partial charge in [-0.15, -0.1) is 0 Å². The molecule has 2 heterocycles. The number of hydrogen-bond acceptors (Lipinski definition) is 4. The molecule has 0 bridgehead atoms. The Morgan fingerprint density at radius 2 is 2.03 bits per heavy atom. The number of aromatic nitrogens is 1. The molecule has 166 valence electrons. The number of nitrogens with zero attached hydrogens (tertiary/aromatic N) is 2. The molecule has 2 amide bonds. The number of amides is 2. The summed E-state index contributed by atoms with van der Waals surface area (Å²) in [4.78, 5) is 39.5. The molecule has 0 radical (unpaired) electrons. The van der Waals surface area contributed by atoms with Crippen molar-refractivity contribution in [3.63, 3.8) is 0 Å². The van der Waals surface area contributed by atoms with Crippen LogP contribution < -0.4 is 10.7 Å². The number of pyridine rings is 1. The van der Waals surface area contributed by atoms with E-state index in [-0.39, 0.29) is 23.8 Å². The van der Waals surface area contributed by atoms with Crippen LogP contribution in [0, 0.1) is 11.6 Å². The third-order valence-electron chi connectivity index (χ3n) is 5.26. The van der Waals surface area contributed by atoms with E-state index in [1.54, 1.807) is 4.90 Å². The first-order valence-electron chi connectivity index (χ1n) is 9.85. The van der Waals surface area contributed by atoms with Gasteiger partial charge in [0.2, 0.25) is 5.43 Å². The molecular formula is C21H22ClF2N3O4. The van der Waals surface area contributed by atoms with Crippen LogP contribution in [0.3, 0.4) is 0 Å². The van der Waals surface area contributed by atoms with E-state index in [1.807, 2.05) is 13.8 Å². The molecule has 0 aliphatic carbocycles. The first kappa shape index (κ1) is 22.7. The van der Waals surface area contributed by atoms with Crippen molar-refractivity contribution in [2.75, 3.05) is 6.54 Å². The first-order chi connectivity index (χ1) is 14.7. The molecular weight excluding hydrogens is 432 g/mol. The smallest absolute Gasteiger partial charge is 0.274 e. The van der Waals surface area contributed by atoms with Gasteiger partial charge in [-0.25, -0.2) is 8.78 Å². The molecule has 1 aromatic heterocycles. The van der Waals surface area contributed by atoms with Crippen LogP contribution in [-0.2, 0) is 13.1 Å². The molecule has 2 N–H and O–H groups in total. The normalized spacial score (nSPS) is 15.7. The molecule has 1 aromatic carbocycles. The second-order valence-electron chi connectivity index (χ2n) is 7.44. The summed E-state index contributed by atoms with van der Waals surface area (Å²) >= 11 is 5.53. The highest BCUT2D eigenvalue weighted by Crippen LogP contribution is 2.24. The molecule has 1 aliphatic rings. The van der Waals surface area contributed by atoms with Gasteiger partial charge in [-0.2, -0.15) is 0 Å². The minimum Gasteiger partial charge on any atom is -0.503 e. The Morgan fingerprint density at radius 3 is 2.71 bits per heavy atom. The van der Waals surface area contributed by atoms with Gasteiger partial charge in [0.15, 0.2) is 11.4 Å². The number of fused-ring (bicyclic) bond motifs is 1. The lowest BCUT2D eigenvalue weighted by atomic mass is 10.1. The molecule has 0 saturated carbocycles. The maximum atomic E-state index is 14.0. The van der Waals surface area contributed by atoms with Crippen LogP contribution in [0.5, 0.6) is 5.75 Å². The number of nitrogens with one attached hydrogen (secondary N) is 1. The maximum Gasteiger partial charge on any atom is 0.274 e. The Hall–Kier alpha value is -2.94. The van der Waals surface area contributed by atoms with Crippen molar-refractivity contribution < 1.29 is 23.5 Å². The number of carbonyl (C=O) groups is 2. The van der Waals surface area contributed by atoms with Gasteiger partial charge in [-0.3, -0.25) is 14.4 Å². The van der Waals surface area contributed by atoms with E-state index in [0.29, 0.717) is 13.1 Å². The summed E-state index contributed by atoms with van der Waals surface area (Å²) in [5.41, 5.74) is -1.62. The maximum absolute atomic E-state index is 14.0. The fraction of sp³-hybridized carbons (Fsp3) is 0.381. The monoisotopic (exact) mass is 453 g/mol. The van der Waals surface area contributed by atoms with E-state index in [1.165, 1.54) is 10.8 Å². The Bertz CT molecular complexity index is 1100. The molecule has 2 aromatic rings. The van der Waals surface area contributed by atoms with Gasteiger partial charge >= 0.3 is 0 Å². The highest BCUT2D eigenvalue weighted by Gasteiger charge is 2.34. The van der Waals surface area contributed by atoms with E-state index >= 15 is 0 Å². The third kappa shape index (κ3) is 4.27. The van der Waals surface area contributed by atoms with Crippen molar-refractivity contribution in [3.8, 4) is 5.75 Å². The molecule has 0 saturated heterocycles.